The molecule has 0 fully saturated rings. The van der Waals surface area contributed by atoms with Crippen molar-refractivity contribution in [3.63, 3.8) is 0 Å². The van der Waals surface area contributed by atoms with Crippen molar-refractivity contribution in [2.24, 2.45) is 5.84 Å². The van der Waals surface area contributed by atoms with Gasteiger partial charge in [-0.15, -0.1) is 0 Å². The molecule has 0 saturated carbocycles. The second kappa shape index (κ2) is 6.08. The summed E-state index contributed by atoms with van der Waals surface area (Å²) >= 11 is 6.19. The van der Waals surface area contributed by atoms with Crippen LogP contribution in [0.15, 0.2) is 18.2 Å². The van der Waals surface area contributed by atoms with E-state index in [9.17, 15) is 0 Å². The van der Waals surface area contributed by atoms with Crippen LogP contribution in [0.2, 0.25) is 5.02 Å². The standard InChI is InChI=1S/C11H17ClN2O/c1-3-15-7-10(14-13)9-6-4-5-8(2)11(9)12/h4-6,10,14H,3,7,13H2,1-2H3. The highest BCUT2D eigenvalue weighted by molar-refractivity contribution is 6.32. The van der Waals surface area contributed by atoms with E-state index in [0.717, 1.165) is 16.1 Å². The third-order valence-corrected chi connectivity index (χ3v) is 2.80. The first-order valence-electron chi connectivity index (χ1n) is 4.99. The average molecular weight is 229 g/mol. The van der Waals surface area contributed by atoms with Crippen LogP contribution in [-0.2, 0) is 4.74 Å². The molecule has 0 bridgehead atoms. The van der Waals surface area contributed by atoms with Gasteiger partial charge in [0.05, 0.1) is 12.6 Å². The lowest BCUT2D eigenvalue weighted by Crippen LogP contribution is -2.31. The number of rotatable bonds is 5. The minimum Gasteiger partial charge on any atom is -0.380 e. The smallest absolute Gasteiger partial charge is 0.0708 e. The Morgan fingerprint density at radius 3 is 2.87 bits per heavy atom. The molecular weight excluding hydrogens is 212 g/mol. The van der Waals surface area contributed by atoms with E-state index in [0.29, 0.717) is 13.2 Å². The molecule has 0 aliphatic heterocycles. The predicted octanol–water partition coefficient (Wildman–Crippen LogP) is 2.19. The zero-order chi connectivity index (χ0) is 11.3. The van der Waals surface area contributed by atoms with E-state index in [1.165, 1.54) is 0 Å². The lowest BCUT2D eigenvalue weighted by molar-refractivity contribution is 0.123. The third kappa shape index (κ3) is 3.18. The summed E-state index contributed by atoms with van der Waals surface area (Å²) in [6.07, 6.45) is 0. The van der Waals surface area contributed by atoms with Crippen LogP contribution in [0, 0.1) is 6.92 Å². The molecule has 1 rings (SSSR count). The van der Waals surface area contributed by atoms with Gasteiger partial charge >= 0.3 is 0 Å². The first kappa shape index (κ1) is 12.5. The Hall–Kier alpha value is -0.610. The molecule has 0 aliphatic carbocycles. The van der Waals surface area contributed by atoms with Gasteiger partial charge in [-0.3, -0.25) is 11.3 Å². The summed E-state index contributed by atoms with van der Waals surface area (Å²) in [4.78, 5) is 0. The van der Waals surface area contributed by atoms with Gasteiger partial charge in [-0.1, -0.05) is 29.8 Å². The number of hydrogen-bond acceptors (Lipinski definition) is 3. The maximum atomic E-state index is 6.19. The Balaban J connectivity index is 2.86. The fraction of sp³-hybridized carbons (Fsp3) is 0.455. The number of ether oxygens (including phenoxy) is 1. The highest BCUT2D eigenvalue weighted by Gasteiger charge is 2.13. The van der Waals surface area contributed by atoms with Gasteiger partial charge < -0.3 is 4.74 Å². The normalized spacial score (nSPS) is 12.8. The number of hydrogen-bond donors (Lipinski definition) is 2. The molecule has 0 aliphatic rings. The number of hydrazine groups is 1. The van der Waals surface area contributed by atoms with E-state index in [1.807, 2.05) is 32.0 Å². The van der Waals surface area contributed by atoms with Crippen molar-refractivity contribution in [3.05, 3.63) is 34.3 Å². The van der Waals surface area contributed by atoms with Crippen LogP contribution in [0.5, 0.6) is 0 Å². The van der Waals surface area contributed by atoms with Crippen LogP contribution in [0.25, 0.3) is 0 Å². The van der Waals surface area contributed by atoms with E-state index in [-0.39, 0.29) is 6.04 Å². The number of nitrogens with two attached hydrogens (primary N) is 1. The highest BCUT2D eigenvalue weighted by atomic mass is 35.5. The molecule has 3 N–H and O–H groups in total. The Kier molecular flexibility index (Phi) is 5.05. The monoisotopic (exact) mass is 228 g/mol. The maximum absolute atomic E-state index is 6.19. The second-order valence-electron chi connectivity index (χ2n) is 3.36. The first-order chi connectivity index (χ1) is 7.20. The lowest BCUT2D eigenvalue weighted by Gasteiger charge is -2.18. The van der Waals surface area contributed by atoms with Gasteiger partial charge in [0.2, 0.25) is 0 Å². The Morgan fingerprint density at radius 2 is 2.27 bits per heavy atom. The van der Waals surface area contributed by atoms with Crippen LogP contribution in [-0.4, -0.2) is 13.2 Å². The van der Waals surface area contributed by atoms with Crippen LogP contribution in [0.4, 0.5) is 0 Å². The summed E-state index contributed by atoms with van der Waals surface area (Å²) in [7, 11) is 0. The predicted molar refractivity (Wildman–Crippen MR) is 62.7 cm³/mol. The number of halogens is 1. The molecule has 0 radical (unpaired) electrons. The highest BCUT2D eigenvalue weighted by Crippen LogP contribution is 2.25. The van der Waals surface area contributed by atoms with Crippen LogP contribution < -0.4 is 11.3 Å². The van der Waals surface area contributed by atoms with E-state index in [2.05, 4.69) is 5.43 Å². The van der Waals surface area contributed by atoms with Crippen molar-refractivity contribution in [2.45, 2.75) is 19.9 Å². The fourth-order valence-corrected chi connectivity index (χ4v) is 1.66. The fourth-order valence-electron chi connectivity index (χ4n) is 1.40. The Bertz CT molecular complexity index is 317. The van der Waals surface area contributed by atoms with Gasteiger partial charge in [-0.05, 0) is 25.0 Å². The van der Waals surface area contributed by atoms with E-state index < -0.39 is 0 Å². The molecule has 0 spiro atoms. The molecule has 3 nitrogen and oxygen atoms in total. The molecule has 1 atom stereocenters. The average Bonchev–Trinajstić information content (AvgIpc) is 2.25. The summed E-state index contributed by atoms with van der Waals surface area (Å²) in [5.41, 5.74) is 4.74. The molecule has 1 aromatic carbocycles. The van der Waals surface area contributed by atoms with E-state index in [4.69, 9.17) is 22.2 Å². The molecular formula is C11H17ClN2O. The molecule has 4 heteroatoms. The zero-order valence-corrected chi connectivity index (χ0v) is 9.84. The minimum atomic E-state index is -0.0580. The van der Waals surface area contributed by atoms with Gasteiger partial charge in [0.1, 0.15) is 0 Å². The lowest BCUT2D eigenvalue weighted by atomic mass is 10.1. The van der Waals surface area contributed by atoms with Gasteiger partial charge in [-0.25, -0.2) is 0 Å². The van der Waals surface area contributed by atoms with Gasteiger partial charge in [0, 0.05) is 11.6 Å². The SMILES string of the molecule is CCOCC(NN)c1cccc(C)c1Cl. The molecule has 84 valence electrons. The van der Waals surface area contributed by atoms with Crippen molar-refractivity contribution < 1.29 is 4.74 Å². The summed E-state index contributed by atoms with van der Waals surface area (Å²) < 4.78 is 5.33. The molecule has 1 aromatic rings. The molecule has 1 unspecified atom stereocenters. The second-order valence-corrected chi connectivity index (χ2v) is 3.73. The van der Waals surface area contributed by atoms with Crippen LogP contribution >= 0.6 is 11.6 Å². The van der Waals surface area contributed by atoms with Crippen molar-refractivity contribution >= 4 is 11.6 Å². The minimum absolute atomic E-state index is 0.0580. The Labute approximate surface area is 95.5 Å². The van der Waals surface area contributed by atoms with Gasteiger partial charge in [-0.2, -0.15) is 0 Å². The molecule has 15 heavy (non-hydrogen) atoms. The van der Waals surface area contributed by atoms with Gasteiger partial charge in [0.15, 0.2) is 0 Å². The van der Waals surface area contributed by atoms with Crippen molar-refractivity contribution in [1.29, 1.82) is 0 Å². The van der Waals surface area contributed by atoms with Crippen LogP contribution in [0.1, 0.15) is 24.1 Å². The number of benzene rings is 1. The molecule has 0 saturated heterocycles. The quantitative estimate of drug-likeness (QED) is 0.600. The van der Waals surface area contributed by atoms with Crippen molar-refractivity contribution in [1.82, 2.24) is 5.43 Å². The summed E-state index contributed by atoms with van der Waals surface area (Å²) in [6, 6.07) is 5.84. The topological polar surface area (TPSA) is 47.3 Å². The van der Waals surface area contributed by atoms with Gasteiger partial charge in [0.25, 0.3) is 0 Å². The molecule has 0 aromatic heterocycles. The number of nitrogens with one attached hydrogen (secondary N) is 1. The third-order valence-electron chi connectivity index (χ3n) is 2.29. The summed E-state index contributed by atoms with van der Waals surface area (Å²) in [5.74, 6) is 5.48. The Morgan fingerprint density at radius 1 is 1.53 bits per heavy atom. The molecule has 0 heterocycles. The number of aryl methyl sites for hydroxylation is 1. The zero-order valence-electron chi connectivity index (χ0n) is 9.09. The molecule has 0 amide bonds. The largest absolute Gasteiger partial charge is 0.380 e. The van der Waals surface area contributed by atoms with Crippen molar-refractivity contribution in [3.8, 4) is 0 Å². The van der Waals surface area contributed by atoms with Crippen LogP contribution in [0.3, 0.4) is 0 Å². The summed E-state index contributed by atoms with van der Waals surface area (Å²) in [5, 5.41) is 0.750. The van der Waals surface area contributed by atoms with Crippen molar-refractivity contribution in [2.75, 3.05) is 13.2 Å². The maximum Gasteiger partial charge on any atom is 0.0708 e. The summed E-state index contributed by atoms with van der Waals surface area (Å²) in [6.45, 7) is 5.11. The van der Waals surface area contributed by atoms with E-state index >= 15 is 0 Å². The first-order valence-corrected chi connectivity index (χ1v) is 5.37. The van der Waals surface area contributed by atoms with E-state index in [1.54, 1.807) is 0 Å².